The summed E-state index contributed by atoms with van der Waals surface area (Å²) in [6.45, 7) is 5.77. The standard InChI is InChI=1S/C12H18N2O3/c1-4-7(2)11-13-8(3)9(12(17)14-11)5-6-10(15)16/h7H,4-6H2,1-3H3,(H,15,16)(H,13,14,17). The van der Waals surface area contributed by atoms with E-state index >= 15 is 0 Å². The van der Waals surface area contributed by atoms with E-state index in [1.54, 1.807) is 6.92 Å². The molecule has 0 aliphatic carbocycles. The van der Waals surface area contributed by atoms with Crippen LogP contribution >= 0.6 is 0 Å². The van der Waals surface area contributed by atoms with Crippen LogP contribution in [0.15, 0.2) is 4.79 Å². The largest absolute Gasteiger partial charge is 0.481 e. The lowest BCUT2D eigenvalue weighted by Gasteiger charge is -2.10. The third kappa shape index (κ3) is 3.41. The average molecular weight is 238 g/mol. The molecule has 0 spiro atoms. The summed E-state index contributed by atoms with van der Waals surface area (Å²) < 4.78 is 0. The van der Waals surface area contributed by atoms with Crippen molar-refractivity contribution in [3.05, 3.63) is 27.4 Å². The van der Waals surface area contributed by atoms with Crippen molar-refractivity contribution in [1.29, 1.82) is 0 Å². The molecular weight excluding hydrogens is 220 g/mol. The van der Waals surface area contributed by atoms with Crippen molar-refractivity contribution in [2.45, 2.75) is 46.0 Å². The Hall–Kier alpha value is -1.65. The van der Waals surface area contributed by atoms with Crippen LogP contribution in [0.25, 0.3) is 0 Å². The Balaban J connectivity index is 3.02. The van der Waals surface area contributed by atoms with Gasteiger partial charge in [-0.25, -0.2) is 4.98 Å². The zero-order valence-corrected chi connectivity index (χ0v) is 10.4. The van der Waals surface area contributed by atoms with Crippen molar-refractivity contribution in [1.82, 2.24) is 9.97 Å². The van der Waals surface area contributed by atoms with Gasteiger partial charge in [0, 0.05) is 23.6 Å². The number of H-pyrrole nitrogens is 1. The predicted molar refractivity (Wildman–Crippen MR) is 64.3 cm³/mol. The van der Waals surface area contributed by atoms with Crippen molar-refractivity contribution < 1.29 is 9.90 Å². The maximum Gasteiger partial charge on any atom is 0.303 e. The maximum atomic E-state index is 11.8. The van der Waals surface area contributed by atoms with E-state index in [2.05, 4.69) is 9.97 Å². The lowest BCUT2D eigenvalue weighted by molar-refractivity contribution is -0.136. The minimum atomic E-state index is -0.908. The Morgan fingerprint density at radius 1 is 1.53 bits per heavy atom. The first-order valence-corrected chi connectivity index (χ1v) is 5.77. The average Bonchev–Trinajstić information content (AvgIpc) is 2.26. The Kier molecular flexibility index (Phi) is 4.43. The van der Waals surface area contributed by atoms with Gasteiger partial charge in [0.25, 0.3) is 5.56 Å². The number of nitrogens with one attached hydrogen (secondary N) is 1. The molecule has 94 valence electrons. The van der Waals surface area contributed by atoms with Gasteiger partial charge < -0.3 is 10.1 Å². The van der Waals surface area contributed by atoms with Crippen LogP contribution in [0.1, 0.15) is 49.7 Å². The van der Waals surface area contributed by atoms with Crippen LogP contribution in [0.3, 0.4) is 0 Å². The fourth-order valence-electron chi connectivity index (χ4n) is 1.59. The molecule has 0 saturated heterocycles. The molecule has 1 heterocycles. The molecule has 1 aromatic heterocycles. The van der Waals surface area contributed by atoms with Gasteiger partial charge in [-0.2, -0.15) is 0 Å². The number of rotatable bonds is 5. The van der Waals surface area contributed by atoms with E-state index in [0.717, 1.165) is 6.42 Å². The van der Waals surface area contributed by atoms with E-state index in [1.807, 2.05) is 13.8 Å². The third-order valence-corrected chi connectivity index (χ3v) is 2.91. The van der Waals surface area contributed by atoms with Gasteiger partial charge in [0.1, 0.15) is 5.82 Å². The van der Waals surface area contributed by atoms with E-state index in [-0.39, 0.29) is 24.3 Å². The smallest absolute Gasteiger partial charge is 0.303 e. The Morgan fingerprint density at radius 3 is 2.65 bits per heavy atom. The van der Waals surface area contributed by atoms with Crippen LogP contribution in [-0.2, 0) is 11.2 Å². The molecule has 17 heavy (non-hydrogen) atoms. The number of nitrogens with zero attached hydrogens (tertiary/aromatic N) is 1. The van der Waals surface area contributed by atoms with E-state index in [1.165, 1.54) is 0 Å². The molecule has 0 fully saturated rings. The highest BCUT2D eigenvalue weighted by Crippen LogP contribution is 2.14. The Morgan fingerprint density at radius 2 is 2.18 bits per heavy atom. The summed E-state index contributed by atoms with van der Waals surface area (Å²) in [4.78, 5) is 29.4. The molecule has 5 nitrogen and oxygen atoms in total. The summed E-state index contributed by atoms with van der Waals surface area (Å²) in [5.74, 6) is -0.0289. The minimum absolute atomic E-state index is 0.0473. The molecule has 0 amide bonds. The van der Waals surface area contributed by atoms with Crippen LogP contribution in [0.5, 0.6) is 0 Å². The second-order valence-corrected chi connectivity index (χ2v) is 4.22. The number of carboxylic acid groups (broad SMARTS) is 1. The van der Waals surface area contributed by atoms with Crippen molar-refractivity contribution in [3.63, 3.8) is 0 Å². The molecule has 1 aromatic rings. The van der Waals surface area contributed by atoms with Gasteiger partial charge in [-0.05, 0) is 19.8 Å². The lowest BCUT2D eigenvalue weighted by atomic mass is 10.1. The second kappa shape index (κ2) is 5.61. The Labute approximate surface area is 99.9 Å². The van der Waals surface area contributed by atoms with Crippen molar-refractivity contribution in [2.75, 3.05) is 0 Å². The van der Waals surface area contributed by atoms with Gasteiger partial charge in [-0.3, -0.25) is 9.59 Å². The topological polar surface area (TPSA) is 83.0 Å². The van der Waals surface area contributed by atoms with Crippen LogP contribution in [0.4, 0.5) is 0 Å². The number of hydrogen-bond acceptors (Lipinski definition) is 3. The van der Waals surface area contributed by atoms with Crippen molar-refractivity contribution >= 4 is 5.97 Å². The molecule has 0 aliphatic rings. The summed E-state index contributed by atoms with van der Waals surface area (Å²) in [6.07, 6.45) is 1.08. The highest BCUT2D eigenvalue weighted by Gasteiger charge is 2.12. The number of carboxylic acids is 1. The molecule has 1 unspecified atom stereocenters. The number of aryl methyl sites for hydroxylation is 1. The number of carbonyl (C=O) groups is 1. The number of aromatic nitrogens is 2. The maximum absolute atomic E-state index is 11.8. The molecule has 1 atom stereocenters. The molecule has 2 N–H and O–H groups in total. The van der Waals surface area contributed by atoms with E-state index < -0.39 is 5.97 Å². The van der Waals surface area contributed by atoms with E-state index in [9.17, 15) is 9.59 Å². The van der Waals surface area contributed by atoms with Gasteiger partial charge in [-0.1, -0.05) is 13.8 Å². The van der Waals surface area contributed by atoms with Crippen molar-refractivity contribution in [2.24, 2.45) is 0 Å². The molecule has 5 heteroatoms. The van der Waals surface area contributed by atoms with E-state index in [0.29, 0.717) is 17.1 Å². The third-order valence-electron chi connectivity index (χ3n) is 2.91. The van der Waals surface area contributed by atoms with Crippen LogP contribution in [0.2, 0.25) is 0 Å². The summed E-state index contributed by atoms with van der Waals surface area (Å²) in [5, 5.41) is 8.60. The van der Waals surface area contributed by atoms with Crippen LogP contribution in [0, 0.1) is 6.92 Å². The summed E-state index contributed by atoms with van der Waals surface area (Å²) in [5.41, 5.74) is 0.888. The van der Waals surface area contributed by atoms with Gasteiger partial charge in [0.2, 0.25) is 0 Å². The lowest BCUT2D eigenvalue weighted by Crippen LogP contribution is -2.20. The van der Waals surface area contributed by atoms with E-state index in [4.69, 9.17) is 5.11 Å². The summed E-state index contributed by atoms with van der Waals surface area (Å²) >= 11 is 0. The Bertz CT molecular complexity index is 465. The summed E-state index contributed by atoms with van der Waals surface area (Å²) in [6, 6.07) is 0. The van der Waals surface area contributed by atoms with Gasteiger partial charge in [-0.15, -0.1) is 0 Å². The number of aliphatic carboxylic acids is 1. The normalized spacial score (nSPS) is 12.4. The quantitative estimate of drug-likeness (QED) is 0.816. The van der Waals surface area contributed by atoms with Gasteiger partial charge >= 0.3 is 5.97 Å². The molecule has 0 aliphatic heterocycles. The minimum Gasteiger partial charge on any atom is -0.481 e. The first-order valence-electron chi connectivity index (χ1n) is 5.77. The fourth-order valence-corrected chi connectivity index (χ4v) is 1.59. The molecule has 0 bridgehead atoms. The molecule has 0 aromatic carbocycles. The van der Waals surface area contributed by atoms with Gasteiger partial charge in [0.05, 0.1) is 0 Å². The van der Waals surface area contributed by atoms with Crippen LogP contribution in [-0.4, -0.2) is 21.0 Å². The predicted octanol–water partition coefficient (Wildman–Crippen LogP) is 1.61. The second-order valence-electron chi connectivity index (χ2n) is 4.22. The van der Waals surface area contributed by atoms with Crippen LogP contribution < -0.4 is 5.56 Å². The molecule has 1 rings (SSSR count). The molecule has 0 radical (unpaired) electrons. The van der Waals surface area contributed by atoms with Gasteiger partial charge in [0.15, 0.2) is 0 Å². The van der Waals surface area contributed by atoms with Crippen molar-refractivity contribution in [3.8, 4) is 0 Å². The molecule has 0 saturated carbocycles. The number of hydrogen-bond donors (Lipinski definition) is 2. The highest BCUT2D eigenvalue weighted by molar-refractivity contribution is 5.67. The number of aromatic amines is 1. The highest BCUT2D eigenvalue weighted by atomic mass is 16.4. The first kappa shape index (κ1) is 13.4. The zero-order chi connectivity index (χ0) is 13.0. The fraction of sp³-hybridized carbons (Fsp3) is 0.583. The first-order chi connectivity index (χ1) is 7.95. The summed E-state index contributed by atoms with van der Waals surface area (Å²) in [7, 11) is 0. The molecular formula is C12H18N2O3. The monoisotopic (exact) mass is 238 g/mol. The SMILES string of the molecule is CCC(C)c1nc(C)c(CCC(=O)O)c(=O)[nH]1. The zero-order valence-electron chi connectivity index (χ0n) is 10.4.